The summed E-state index contributed by atoms with van der Waals surface area (Å²) in [5.74, 6) is -1.05. The summed E-state index contributed by atoms with van der Waals surface area (Å²) >= 11 is 0. The molecule has 0 aliphatic heterocycles. The molecule has 3 aromatic rings. The van der Waals surface area contributed by atoms with Crippen LogP contribution in [0.15, 0.2) is 59.5 Å². The van der Waals surface area contributed by atoms with E-state index in [4.69, 9.17) is 4.74 Å². The van der Waals surface area contributed by atoms with Crippen LogP contribution in [0.25, 0.3) is 10.9 Å². The van der Waals surface area contributed by atoms with Gasteiger partial charge in [0.2, 0.25) is 5.43 Å². The van der Waals surface area contributed by atoms with Crippen LogP contribution in [-0.2, 0) is 11.3 Å². The van der Waals surface area contributed by atoms with Crippen LogP contribution in [0.4, 0.5) is 13.2 Å². The van der Waals surface area contributed by atoms with Crippen molar-refractivity contribution >= 4 is 16.9 Å². The van der Waals surface area contributed by atoms with Gasteiger partial charge in [0.1, 0.15) is 11.3 Å². The van der Waals surface area contributed by atoms with E-state index >= 15 is 0 Å². The molecule has 0 atom stereocenters. The first kappa shape index (κ1) is 19.5. The van der Waals surface area contributed by atoms with Crippen molar-refractivity contribution in [1.29, 1.82) is 0 Å². The van der Waals surface area contributed by atoms with Gasteiger partial charge in [0.15, 0.2) is 0 Å². The number of fused-ring (bicyclic) bond motifs is 1. The highest BCUT2D eigenvalue weighted by molar-refractivity contribution is 5.93. The van der Waals surface area contributed by atoms with Crippen molar-refractivity contribution in [1.82, 2.24) is 4.57 Å². The van der Waals surface area contributed by atoms with Gasteiger partial charge in [0, 0.05) is 18.1 Å². The van der Waals surface area contributed by atoms with Crippen LogP contribution < -0.4 is 10.2 Å². The smallest absolute Gasteiger partial charge is 0.462 e. The van der Waals surface area contributed by atoms with Crippen molar-refractivity contribution in [3.05, 3.63) is 76.1 Å². The molecule has 8 heteroatoms. The van der Waals surface area contributed by atoms with E-state index in [1.54, 1.807) is 35.8 Å². The predicted octanol–water partition coefficient (Wildman–Crippen LogP) is 4.13. The summed E-state index contributed by atoms with van der Waals surface area (Å²) in [7, 11) is 0. The molecule has 0 saturated carbocycles. The lowest BCUT2D eigenvalue weighted by atomic mass is 10.1. The van der Waals surface area contributed by atoms with E-state index in [2.05, 4.69) is 4.74 Å². The number of carbonyl (C=O) groups excluding carboxylic acids is 1. The van der Waals surface area contributed by atoms with Crippen LogP contribution in [0.5, 0.6) is 5.75 Å². The Bertz CT molecular complexity index is 1060. The van der Waals surface area contributed by atoms with E-state index in [9.17, 15) is 22.8 Å². The summed E-state index contributed by atoms with van der Waals surface area (Å²) in [6.45, 7) is 2.01. The molecular weight excluding hydrogens is 375 g/mol. The second-order valence-electron chi connectivity index (χ2n) is 5.93. The highest BCUT2D eigenvalue weighted by atomic mass is 19.4. The van der Waals surface area contributed by atoms with Crippen LogP contribution in [0.2, 0.25) is 0 Å². The minimum atomic E-state index is -4.76. The van der Waals surface area contributed by atoms with E-state index in [1.807, 2.05) is 0 Å². The van der Waals surface area contributed by atoms with E-state index < -0.39 is 17.8 Å². The number of carbonyl (C=O) groups is 1. The number of pyridine rings is 1. The maximum absolute atomic E-state index is 12.6. The maximum Gasteiger partial charge on any atom is 0.573 e. The molecule has 146 valence electrons. The van der Waals surface area contributed by atoms with Crippen LogP contribution in [0, 0.1) is 0 Å². The van der Waals surface area contributed by atoms with Crippen LogP contribution in [-0.4, -0.2) is 23.5 Å². The summed E-state index contributed by atoms with van der Waals surface area (Å²) in [4.78, 5) is 24.7. The Balaban J connectivity index is 1.99. The molecule has 0 bridgehead atoms. The zero-order valence-electron chi connectivity index (χ0n) is 14.8. The number of hydrogen-bond acceptors (Lipinski definition) is 4. The number of hydrogen-bond donors (Lipinski definition) is 0. The highest BCUT2D eigenvalue weighted by Crippen LogP contribution is 2.23. The number of halogens is 3. The summed E-state index contributed by atoms with van der Waals surface area (Å²) < 4.78 is 47.3. The zero-order chi connectivity index (χ0) is 20.3. The van der Waals surface area contributed by atoms with Crippen molar-refractivity contribution in [2.24, 2.45) is 0 Å². The van der Waals surface area contributed by atoms with Gasteiger partial charge in [0.05, 0.1) is 12.1 Å². The Kier molecular flexibility index (Phi) is 5.39. The number of alkyl halides is 3. The topological polar surface area (TPSA) is 57.5 Å². The van der Waals surface area contributed by atoms with E-state index in [0.29, 0.717) is 16.5 Å². The molecule has 2 aromatic carbocycles. The van der Waals surface area contributed by atoms with Gasteiger partial charge in [-0.25, -0.2) is 4.79 Å². The van der Waals surface area contributed by atoms with E-state index in [1.165, 1.54) is 30.5 Å². The van der Waals surface area contributed by atoms with Gasteiger partial charge in [-0.2, -0.15) is 0 Å². The molecule has 0 spiro atoms. The van der Waals surface area contributed by atoms with Crippen molar-refractivity contribution in [3.8, 4) is 5.75 Å². The molecule has 0 unspecified atom stereocenters. The van der Waals surface area contributed by atoms with Gasteiger partial charge in [-0.15, -0.1) is 13.2 Å². The minimum absolute atomic E-state index is 0.0995. The third-order valence-corrected chi connectivity index (χ3v) is 3.99. The molecule has 1 aromatic heterocycles. The molecule has 3 rings (SSSR count). The SMILES string of the molecule is CCOC(=O)c1cn(Cc2ccc(OC(F)(F)F)cc2)c2ccccc2c1=O. The highest BCUT2D eigenvalue weighted by Gasteiger charge is 2.30. The van der Waals surface area contributed by atoms with E-state index in [0.717, 1.165) is 0 Å². The molecule has 0 aliphatic rings. The molecular formula is C20H16F3NO4. The fourth-order valence-electron chi connectivity index (χ4n) is 2.82. The van der Waals surface area contributed by atoms with Gasteiger partial charge in [0.25, 0.3) is 0 Å². The molecule has 5 nitrogen and oxygen atoms in total. The lowest BCUT2D eigenvalue weighted by molar-refractivity contribution is -0.274. The predicted molar refractivity (Wildman–Crippen MR) is 96.4 cm³/mol. The van der Waals surface area contributed by atoms with Crippen molar-refractivity contribution in [3.63, 3.8) is 0 Å². The van der Waals surface area contributed by atoms with Crippen molar-refractivity contribution in [2.45, 2.75) is 19.8 Å². The lowest BCUT2D eigenvalue weighted by Gasteiger charge is -2.14. The van der Waals surface area contributed by atoms with Gasteiger partial charge in [-0.05, 0) is 36.8 Å². The zero-order valence-corrected chi connectivity index (χ0v) is 14.8. The Labute approximate surface area is 157 Å². The Morgan fingerprint density at radius 2 is 1.75 bits per heavy atom. The molecule has 28 heavy (non-hydrogen) atoms. The van der Waals surface area contributed by atoms with Crippen LogP contribution in [0.1, 0.15) is 22.8 Å². The second-order valence-corrected chi connectivity index (χ2v) is 5.93. The minimum Gasteiger partial charge on any atom is -0.462 e. The monoisotopic (exact) mass is 391 g/mol. The van der Waals surface area contributed by atoms with Gasteiger partial charge < -0.3 is 14.0 Å². The lowest BCUT2D eigenvalue weighted by Crippen LogP contribution is -2.21. The molecule has 0 saturated heterocycles. The Morgan fingerprint density at radius 3 is 2.39 bits per heavy atom. The molecule has 0 amide bonds. The first-order valence-electron chi connectivity index (χ1n) is 8.42. The number of benzene rings is 2. The normalized spacial score (nSPS) is 11.4. The molecule has 1 heterocycles. The van der Waals surface area contributed by atoms with Gasteiger partial charge in [-0.3, -0.25) is 4.79 Å². The average Bonchev–Trinajstić information content (AvgIpc) is 2.64. The molecule has 0 N–H and O–H groups in total. The van der Waals surface area contributed by atoms with Gasteiger partial charge >= 0.3 is 12.3 Å². The fourth-order valence-corrected chi connectivity index (χ4v) is 2.82. The van der Waals surface area contributed by atoms with Gasteiger partial charge in [-0.1, -0.05) is 24.3 Å². The largest absolute Gasteiger partial charge is 0.573 e. The van der Waals surface area contributed by atoms with E-state index in [-0.39, 0.29) is 24.5 Å². The number of esters is 1. The summed E-state index contributed by atoms with van der Waals surface area (Å²) in [5.41, 5.74) is 0.728. The molecule has 0 fully saturated rings. The summed E-state index contributed by atoms with van der Waals surface area (Å²) in [6.07, 6.45) is -3.35. The van der Waals surface area contributed by atoms with Crippen molar-refractivity contribution in [2.75, 3.05) is 6.61 Å². The van der Waals surface area contributed by atoms with Crippen LogP contribution >= 0.6 is 0 Å². The quantitative estimate of drug-likeness (QED) is 0.614. The number of para-hydroxylation sites is 1. The molecule has 0 radical (unpaired) electrons. The number of ether oxygens (including phenoxy) is 2. The number of nitrogens with zero attached hydrogens (tertiary/aromatic N) is 1. The number of rotatable bonds is 5. The molecule has 0 aliphatic carbocycles. The first-order chi connectivity index (χ1) is 13.3. The Hall–Kier alpha value is -3.29. The van der Waals surface area contributed by atoms with Crippen molar-refractivity contribution < 1.29 is 27.4 Å². The summed E-state index contributed by atoms with van der Waals surface area (Å²) in [5, 5.41) is 0.352. The third kappa shape index (κ3) is 4.33. The summed E-state index contributed by atoms with van der Waals surface area (Å²) in [6, 6.07) is 12.2. The average molecular weight is 391 g/mol. The first-order valence-corrected chi connectivity index (χ1v) is 8.42. The van der Waals surface area contributed by atoms with Crippen LogP contribution in [0.3, 0.4) is 0 Å². The third-order valence-electron chi connectivity index (χ3n) is 3.99. The maximum atomic E-state index is 12.6. The fraction of sp³-hybridized carbons (Fsp3) is 0.200. The standard InChI is InChI=1S/C20H16F3NO4/c1-2-27-19(26)16-12-24(17-6-4-3-5-15(17)18(16)25)11-13-7-9-14(10-8-13)28-20(21,22)23/h3-10,12H,2,11H2,1H3. The number of aromatic nitrogens is 1. The Morgan fingerprint density at radius 1 is 1.07 bits per heavy atom. The second kappa shape index (κ2) is 7.75.